The van der Waals surface area contributed by atoms with Gasteiger partial charge in [0.15, 0.2) is 0 Å². The summed E-state index contributed by atoms with van der Waals surface area (Å²) in [5, 5.41) is 0.216. The monoisotopic (exact) mass is 274 g/mol. The van der Waals surface area contributed by atoms with Crippen LogP contribution in [0.3, 0.4) is 0 Å². The number of rotatable bonds is 2. The SMILES string of the molecule is NC(=O)c1cn(C2CCCC2)c2ccc(F)cc2c1=O. The van der Waals surface area contributed by atoms with Gasteiger partial charge in [0.1, 0.15) is 11.4 Å². The van der Waals surface area contributed by atoms with Gasteiger partial charge in [-0.2, -0.15) is 0 Å². The summed E-state index contributed by atoms with van der Waals surface area (Å²) in [7, 11) is 0. The molecule has 1 aliphatic rings. The number of benzene rings is 1. The van der Waals surface area contributed by atoms with Crippen LogP contribution >= 0.6 is 0 Å². The molecule has 1 fully saturated rings. The molecule has 0 radical (unpaired) electrons. The molecule has 0 bridgehead atoms. The minimum Gasteiger partial charge on any atom is -0.365 e. The molecule has 5 heteroatoms. The zero-order valence-electron chi connectivity index (χ0n) is 10.9. The van der Waals surface area contributed by atoms with Gasteiger partial charge >= 0.3 is 0 Å². The normalized spacial score (nSPS) is 15.8. The highest BCUT2D eigenvalue weighted by molar-refractivity contribution is 5.96. The van der Waals surface area contributed by atoms with Crippen molar-refractivity contribution in [3.05, 3.63) is 46.0 Å². The molecule has 1 aliphatic carbocycles. The van der Waals surface area contributed by atoms with Crippen LogP contribution in [0, 0.1) is 5.82 Å². The predicted molar refractivity (Wildman–Crippen MR) is 74.2 cm³/mol. The number of nitrogens with zero attached hydrogens (tertiary/aromatic N) is 1. The van der Waals surface area contributed by atoms with Gasteiger partial charge in [0, 0.05) is 17.6 Å². The molecule has 0 aliphatic heterocycles. The zero-order valence-corrected chi connectivity index (χ0v) is 10.9. The van der Waals surface area contributed by atoms with Gasteiger partial charge in [-0.15, -0.1) is 0 Å². The van der Waals surface area contributed by atoms with Crippen molar-refractivity contribution >= 4 is 16.8 Å². The first kappa shape index (κ1) is 12.8. The smallest absolute Gasteiger partial charge is 0.254 e. The van der Waals surface area contributed by atoms with Crippen LogP contribution in [0.25, 0.3) is 10.9 Å². The van der Waals surface area contributed by atoms with Crippen molar-refractivity contribution in [2.24, 2.45) is 5.73 Å². The van der Waals surface area contributed by atoms with E-state index in [1.165, 1.54) is 18.3 Å². The Morgan fingerprint density at radius 2 is 2.00 bits per heavy atom. The van der Waals surface area contributed by atoms with Crippen LogP contribution in [0.5, 0.6) is 0 Å². The maximum Gasteiger partial charge on any atom is 0.254 e. The van der Waals surface area contributed by atoms with Crippen LogP contribution in [0.4, 0.5) is 4.39 Å². The molecular weight excluding hydrogens is 259 g/mol. The van der Waals surface area contributed by atoms with Crippen LogP contribution < -0.4 is 11.2 Å². The van der Waals surface area contributed by atoms with E-state index in [2.05, 4.69) is 0 Å². The van der Waals surface area contributed by atoms with Crippen molar-refractivity contribution in [1.29, 1.82) is 0 Å². The number of carbonyl (C=O) groups excluding carboxylic acids is 1. The van der Waals surface area contributed by atoms with Crippen LogP contribution in [-0.4, -0.2) is 10.5 Å². The molecule has 0 unspecified atom stereocenters. The molecule has 1 heterocycles. The third-order valence-electron chi connectivity index (χ3n) is 3.98. The standard InChI is InChI=1S/C15H15FN2O2/c16-9-5-6-13-11(7-9)14(19)12(15(17)20)8-18(13)10-3-1-2-4-10/h5-8,10H,1-4H2,(H2,17,20). The van der Waals surface area contributed by atoms with Gasteiger partial charge in [-0.25, -0.2) is 4.39 Å². The van der Waals surface area contributed by atoms with E-state index in [4.69, 9.17) is 5.73 Å². The van der Waals surface area contributed by atoms with Gasteiger partial charge in [-0.3, -0.25) is 9.59 Å². The Labute approximate surface area is 115 Å². The van der Waals surface area contributed by atoms with Crippen molar-refractivity contribution in [3.63, 3.8) is 0 Å². The van der Waals surface area contributed by atoms with E-state index in [1.54, 1.807) is 6.07 Å². The van der Waals surface area contributed by atoms with Crippen molar-refractivity contribution in [1.82, 2.24) is 4.57 Å². The number of primary amides is 1. The Hall–Kier alpha value is -2.17. The molecule has 104 valence electrons. The third-order valence-corrected chi connectivity index (χ3v) is 3.98. The summed E-state index contributed by atoms with van der Waals surface area (Å²) in [5.41, 5.74) is 5.35. The van der Waals surface area contributed by atoms with Crippen molar-refractivity contribution in [2.45, 2.75) is 31.7 Å². The second-order valence-corrected chi connectivity index (χ2v) is 5.24. The Bertz CT molecular complexity index is 745. The van der Waals surface area contributed by atoms with E-state index in [1.807, 2.05) is 4.57 Å². The second-order valence-electron chi connectivity index (χ2n) is 5.24. The van der Waals surface area contributed by atoms with Crippen molar-refractivity contribution < 1.29 is 9.18 Å². The minimum atomic E-state index is -0.770. The van der Waals surface area contributed by atoms with E-state index in [0.717, 1.165) is 25.7 Å². The first-order chi connectivity index (χ1) is 9.58. The maximum absolute atomic E-state index is 13.4. The summed E-state index contributed by atoms with van der Waals surface area (Å²) in [6.45, 7) is 0. The fourth-order valence-electron chi connectivity index (χ4n) is 2.99. The predicted octanol–water partition coefficient (Wildman–Crippen LogP) is 2.35. The summed E-state index contributed by atoms with van der Waals surface area (Å²) >= 11 is 0. The zero-order chi connectivity index (χ0) is 14.3. The Morgan fingerprint density at radius 1 is 1.30 bits per heavy atom. The number of carbonyl (C=O) groups is 1. The second kappa shape index (κ2) is 4.74. The van der Waals surface area contributed by atoms with Crippen LogP contribution in [0.2, 0.25) is 0 Å². The molecule has 2 N–H and O–H groups in total. The van der Waals surface area contributed by atoms with Gasteiger partial charge < -0.3 is 10.3 Å². The lowest BCUT2D eigenvalue weighted by Gasteiger charge is -2.18. The van der Waals surface area contributed by atoms with Crippen LogP contribution in [0.15, 0.2) is 29.2 Å². The van der Waals surface area contributed by atoms with Gasteiger partial charge in [0.05, 0.1) is 5.52 Å². The highest BCUT2D eigenvalue weighted by Gasteiger charge is 2.21. The topological polar surface area (TPSA) is 65.1 Å². The Morgan fingerprint density at radius 3 is 2.65 bits per heavy atom. The molecule has 20 heavy (non-hydrogen) atoms. The molecular formula is C15H15FN2O2. The lowest BCUT2D eigenvalue weighted by atomic mass is 10.1. The number of fused-ring (bicyclic) bond motifs is 1. The van der Waals surface area contributed by atoms with Crippen molar-refractivity contribution in [2.75, 3.05) is 0 Å². The molecule has 3 rings (SSSR count). The molecule has 0 saturated heterocycles. The molecule has 0 spiro atoms. The highest BCUT2D eigenvalue weighted by atomic mass is 19.1. The van der Waals surface area contributed by atoms with E-state index < -0.39 is 17.2 Å². The lowest BCUT2D eigenvalue weighted by Crippen LogP contribution is -2.25. The molecule has 0 atom stereocenters. The van der Waals surface area contributed by atoms with Gasteiger partial charge in [-0.1, -0.05) is 12.8 Å². The minimum absolute atomic E-state index is 0.0741. The number of hydrogen-bond donors (Lipinski definition) is 1. The number of hydrogen-bond acceptors (Lipinski definition) is 2. The molecule has 2 aromatic rings. The summed E-state index contributed by atoms with van der Waals surface area (Å²) < 4.78 is 15.3. The molecule has 1 amide bonds. The summed E-state index contributed by atoms with van der Waals surface area (Å²) in [4.78, 5) is 23.6. The van der Waals surface area contributed by atoms with Gasteiger partial charge in [-0.05, 0) is 31.0 Å². The number of pyridine rings is 1. The third kappa shape index (κ3) is 1.99. The van der Waals surface area contributed by atoms with E-state index in [-0.39, 0.29) is 17.0 Å². The van der Waals surface area contributed by atoms with E-state index in [0.29, 0.717) is 5.52 Å². The average Bonchev–Trinajstić information content (AvgIpc) is 2.93. The number of halogens is 1. The lowest BCUT2D eigenvalue weighted by molar-refractivity contribution is 0.0998. The van der Waals surface area contributed by atoms with Gasteiger partial charge in [0.25, 0.3) is 5.91 Å². The number of amides is 1. The van der Waals surface area contributed by atoms with E-state index >= 15 is 0 Å². The summed E-state index contributed by atoms with van der Waals surface area (Å²) in [5.74, 6) is -1.26. The quantitative estimate of drug-likeness (QED) is 0.913. The largest absolute Gasteiger partial charge is 0.365 e. The fourth-order valence-corrected chi connectivity index (χ4v) is 2.99. The number of nitrogens with two attached hydrogens (primary N) is 1. The first-order valence-electron chi connectivity index (χ1n) is 6.72. The average molecular weight is 274 g/mol. The molecule has 1 saturated carbocycles. The van der Waals surface area contributed by atoms with E-state index in [9.17, 15) is 14.0 Å². The summed E-state index contributed by atoms with van der Waals surface area (Å²) in [6, 6.07) is 4.34. The molecule has 1 aromatic carbocycles. The first-order valence-corrected chi connectivity index (χ1v) is 6.72. The van der Waals surface area contributed by atoms with Crippen molar-refractivity contribution in [3.8, 4) is 0 Å². The highest BCUT2D eigenvalue weighted by Crippen LogP contribution is 2.31. The van der Waals surface area contributed by atoms with Crippen LogP contribution in [-0.2, 0) is 0 Å². The summed E-state index contributed by atoms with van der Waals surface area (Å²) in [6.07, 6.45) is 5.75. The van der Waals surface area contributed by atoms with Gasteiger partial charge in [0.2, 0.25) is 5.43 Å². The Kier molecular flexibility index (Phi) is 3.04. The van der Waals surface area contributed by atoms with Crippen LogP contribution in [0.1, 0.15) is 42.1 Å². The maximum atomic E-state index is 13.4. The fraction of sp³-hybridized carbons (Fsp3) is 0.333. The molecule has 4 nitrogen and oxygen atoms in total. The number of aromatic nitrogens is 1. The molecule has 1 aromatic heterocycles. The Balaban J connectivity index is 2.35.